The molecule has 2 aromatic rings. The third-order valence-electron chi connectivity index (χ3n) is 4.21. The van der Waals surface area contributed by atoms with Gasteiger partial charge in [0.25, 0.3) is 11.6 Å². The number of benzene rings is 2. The van der Waals surface area contributed by atoms with Gasteiger partial charge in [0, 0.05) is 12.6 Å². The van der Waals surface area contributed by atoms with E-state index < -0.39 is 10.7 Å². The summed E-state index contributed by atoms with van der Waals surface area (Å²) < 4.78 is 5.60. The molecular formula is C20H17N2O5S2-. The predicted octanol–water partition coefficient (Wildman–Crippen LogP) is 3.51. The number of ether oxygens (including phenoxy) is 1. The average molecular weight is 429 g/mol. The van der Waals surface area contributed by atoms with E-state index in [2.05, 4.69) is 0 Å². The molecule has 3 rings (SSSR count). The topological polar surface area (TPSA) is 95.7 Å². The molecule has 1 heterocycles. The van der Waals surface area contributed by atoms with E-state index >= 15 is 0 Å². The van der Waals surface area contributed by atoms with Crippen molar-refractivity contribution in [2.75, 3.05) is 13.2 Å². The Labute approximate surface area is 177 Å². The minimum atomic E-state index is -0.607. The Morgan fingerprint density at radius 2 is 2.00 bits per heavy atom. The van der Waals surface area contributed by atoms with Crippen LogP contribution in [0.1, 0.15) is 18.1 Å². The van der Waals surface area contributed by atoms with Crippen molar-refractivity contribution in [1.29, 1.82) is 0 Å². The number of nitro benzene ring substituents is 1. The number of non-ortho nitro benzene ring substituents is 1. The molecule has 0 saturated carbocycles. The first-order valence-corrected chi connectivity index (χ1v) is 10.0. The fourth-order valence-electron chi connectivity index (χ4n) is 2.80. The first kappa shape index (κ1) is 20.8. The summed E-state index contributed by atoms with van der Waals surface area (Å²) in [6.45, 7) is 2.28. The lowest BCUT2D eigenvalue weighted by atomic mass is 10.1. The quantitative estimate of drug-likeness (QED) is 0.288. The molecule has 9 heteroatoms. The van der Waals surface area contributed by atoms with Crippen molar-refractivity contribution >= 4 is 46.0 Å². The minimum Gasteiger partial charge on any atom is -0.870 e. The third-order valence-corrected chi connectivity index (χ3v) is 5.58. The van der Waals surface area contributed by atoms with Crippen molar-refractivity contribution in [3.63, 3.8) is 0 Å². The molecule has 1 aliphatic rings. The van der Waals surface area contributed by atoms with Gasteiger partial charge in [-0.3, -0.25) is 19.8 Å². The van der Waals surface area contributed by atoms with Crippen LogP contribution in [0.3, 0.4) is 0 Å². The molecule has 0 spiro atoms. The highest BCUT2D eigenvalue weighted by Crippen LogP contribution is 2.38. The van der Waals surface area contributed by atoms with Crippen LogP contribution in [0.15, 0.2) is 47.4 Å². The maximum absolute atomic E-state index is 12.8. The normalized spacial score (nSPS) is 15.2. The van der Waals surface area contributed by atoms with Crippen LogP contribution in [0.2, 0.25) is 0 Å². The van der Waals surface area contributed by atoms with Crippen LogP contribution in [0, 0.1) is 10.1 Å². The minimum absolute atomic E-state index is 0.0196. The molecule has 0 atom stereocenters. The second-order valence-electron chi connectivity index (χ2n) is 6.12. The molecule has 1 saturated heterocycles. The van der Waals surface area contributed by atoms with Gasteiger partial charge in [-0.1, -0.05) is 60.1 Å². The zero-order chi connectivity index (χ0) is 21.0. The number of rotatable bonds is 7. The van der Waals surface area contributed by atoms with E-state index in [1.54, 1.807) is 6.92 Å². The second-order valence-corrected chi connectivity index (χ2v) is 7.80. The second kappa shape index (κ2) is 9.06. The molecule has 0 radical (unpaired) electrons. The standard InChI is InChI=1S/C20H18N2O5S2/c1-2-27-16-12-15(22(25)26)10-14(18(16)23)11-17-19(24)21(20(28)29-17)9-8-13-6-4-3-5-7-13/h3-7,10-12,23H,2,8-9H2,1H3/p-1/b17-11-. The summed E-state index contributed by atoms with van der Waals surface area (Å²) in [6, 6.07) is 11.9. The van der Waals surface area contributed by atoms with Gasteiger partial charge in [-0.25, -0.2) is 0 Å². The molecule has 7 nitrogen and oxygen atoms in total. The number of carbonyl (C=O) groups is 1. The summed E-state index contributed by atoms with van der Waals surface area (Å²) in [5.74, 6) is -0.945. The summed E-state index contributed by atoms with van der Waals surface area (Å²) in [4.78, 5) is 25.1. The number of carbonyl (C=O) groups excluding carboxylic acids is 1. The third kappa shape index (κ3) is 4.75. The highest BCUT2D eigenvalue weighted by Gasteiger charge is 2.31. The Morgan fingerprint density at radius 3 is 2.66 bits per heavy atom. The van der Waals surface area contributed by atoms with Gasteiger partial charge in [0.2, 0.25) is 0 Å². The summed E-state index contributed by atoms with van der Waals surface area (Å²) in [5.41, 5.74) is 0.817. The van der Waals surface area contributed by atoms with Gasteiger partial charge in [-0.15, -0.1) is 0 Å². The number of amides is 1. The highest BCUT2D eigenvalue weighted by atomic mass is 32.2. The maximum Gasteiger partial charge on any atom is 0.273 e. The fourth-order valence-corrected chi connectivity index (χ4v) is 4.10. The average Bonchev–Trinajstić information content (AvgIpc) is 2.96. The SMILES string of the molecule is CCOc1cc([N+](=O)[O-])cc(/C=C2\SC(=S)N(CCc3ccccc3)C2=O)c1[O-]. The summed E-state index contributed by atoms with van der Waals surface area (Å²) in [6.07, 6.45) is 1.98. The van der Waals surface area contributed by atoms with Crippen molar-refractivity contribution in [2.45, 2.75) is 13.3 Å². The lowest BCUT2D eigenvalue weighted by Gasteiger charge is -2.17. The largest absolute Gasteiger partial charge is 0.870 e. The number of hydrogen-bond donors (Lipinski definition) is 0. The Morgan fingerprint density at radius 1 is 1.28 bits per heavy atom. The molecular weight excluding hydrogens is 412 g/mol. The monoisotopic (exact) mass is 429 g/mol. The molecule has 1 amide bonds. The smallest absolute Gasteiger partial charge is 0.273 e. The van der Waals surface area contributed by atoms with Crippen molar-refractivity contribution in [1.82, 2.24) is 4.90 Å². The lowest BCUT2D eigenvalue weighted by molar-refractivity contribution is -0.385. The van der Waals surface area contributed by atoms with Crippen LogP contribution in [-0.4, -0.2) is 33.2 Å². The first-order valence-electron chi connectivity index (χ1n) is 8.82. The van der Waals surface area contributed by atoms with Crippen LogP contribution >= 0.6 is 24.0 Å². The highest BCUT2D eigenvalue weighted by molar-refractivity contribution is 8.26. The number of hydrogen-bond acceptors (Lipinski definition) is 7. The van der Waals surface area contributed by atoms with Crippen LogP contribution in [-0.2, 0) is 11.2 Å². The van der Waals surface area contributed by atoms with Crippen LogP contribution in [0.4, 0.5) is 5.69 Å². The molecule has 0 N–H and O–H groups in total. The van der Waals surface area contributed by atoms with E-state index in [0.29, 0.717) is 17.3 Å². The molecule has 150 valence electrons. The van der Waals surface area contributed by atoms with E-state index in [4.69, 9.17) is 17.0 Å². The number of nitrogens with zero attached hydrogens (tertiary/aromatic N) is 2. The number of thioether (sulfide) groups is 1. The van der Waals surface area contributed by atoms with E-state index in [0.717, 1.165) is 29.5 Å². The van der Waals surface area contributed by atoms with Crippen molar-refractivity contribution in [3.8, 4) is 11.5 Å². The van der Waals surface area contributed by atoms with Gasteiger partial charge in [0.1, 0.15) is 10.1 Å². The Bertz CT molecular complexity index is 992. The van der Waals surface area contributed by atoms with Gasteiger partial charge in [-0.05, 0) is 30.5 Å². The van der Waals surface area contributed by atoms with Crippen LogP contribution in [0.25, 0.3) is 6.08 Å². The zero-order valence-electron chi connectivity index (χ0n) is 15.5. The van der Waals surface area contributed by atoms with E-state index in [9.17, 15) is 20.0 Å². The van der Waals surface area contributed by atoms with Crippen molar-refractivity contribution < 1.29 is 19.6 Å². The van der Waals surface area contributed by atoms with Gasteiger partial charge in [0.05, 0.1) is 22.5 Å². The molecule has 1 aliphatic heterocycles. The summed E-state index contributed by atoms with van der Waals surface area (Å²) >= 11 is 6.38. The van der Waals surface area contributed by atoms with Crippen LogP contribution < -0.4 is 9.84 Å². The first-order chi connectivity index (χ1) is 13.9. The summed E-state index contributed by atoms with van der Waals surface area (Å²) in [5, 5.41) is 23.7. The molecule has 1 fully saturated rings. The molecule has 0 bridgehead atoms. The number of nitro groups is 1. The molecule has 0 aromatic heterocycles. The van der Waals surface area contributed by atoms with Gasteiger partial charge >= 0.3 is 0 Å². The van der Waals surface area contributed by atoms with Crippen molar-refractivity contribution in [3.05, 3.63) is 68.6 Å². The zero-order valence-corrected chi connectivity index (χ0v) is 17.1. The Balaban J connectivity index is 1.86. The van der Waals surface area contributed by atoms with E-state index in [1.165, 1.54) is 11.0 Å². The lowest BCUT2D eigenvalue weighted by Crippen LogP contribution is -2.30. The summed E-state index contributed by atoms with van der Waals surface area (Å²) in [7, 11) is 0. The van der Waals surface area contributed by atoms with Gasteiger partial charge in [0.15, 0.2) is 0 Å². The Hall–Kier alpha value is -2.91. The van der Waals surface area contributed by atoms with Crippen molar-refractivity contribution in [2.24, 2.45) is 0 Å². The Kier molecular flexibility index (Phi) is 6.50. The van der Waals surface area contributed by atoms with E-state index in [-0.39, 0.29) is 34.4 Å². The van der Waals surface area contributed by atoms with Crippen LogP contribution in [0.5, 0.6) is 11.5 Å². The fraction of sp³-hybridized carbons (Fsp3) is 0.200. The molecule has 0 unspecified atom stereocenters. The maximum atomic E-state index is 12.8. The molecule has 0 aliphatic carbocycles. The molecule has 2 aromatic carbocycles. The van der Waals surface area contributed by atoms with Gasteiger partial charge < -0.3 is 9.84 Å². The van der Waals surface area contributed by atoms with E-state index in [1.807, 2.05) is 30.3 Å². The molecule has 29 heavy (non-hydrogen) atoms. The number of thiocarbonyl (C=S) groups is 1. The van der Waals surface area contributed by atoms with Gasteiger partial charge in [-0.2, -0.15) is 0 Å². The predicted molar refractivity (Wildman–Crippen MR) is 114 cm³/mol.